The molecule has 60 heavy (non-hydrogen) atoms. The highest BCUT2D eigenvalue weighted by atomic mass is 16.3. The fourth-order valence-electron chi connectivity index (χ4n) is 8.93. The summed E-state index contributed by atoms with van der Waals surface area (Å²) in [5, 5.41) is 5.44. The van der Waals surface area contributed by atoms with Gasteiger partial charge >= 0.3 is 0 Å². The Labute approximate surface area is 346 Å². The van der Waals surface area contributed by atoms with Crippen LogP contribution < -0.4 is 0 Å². The third-order valence-electron chi connectivity index (χ3n) is 11.8. The van der Waals surface area contributed by atoms with Gasteiger partial charge in [0.15, 0.2) is 5.82 Å². The molecule has 12 rings (SSSR count). The number of hydrogen-bond acceptors (Lipinski definition) is 3. The highest BCUT2D eigenvalue weighted by Gasteiger charge is 2.21. The molecule has 0 aliphatic rings. The summed E-state index contributed by atoms with van der Waals surface area (Å²) in [7, 11) is 0. The second-order valence-electron chi connectivity index (χ2n) is 15.4. The molecule has 4 nitrogen and oxygen atoms in total. The summed E-state index contributed by atoms with van der Waals surface area (Å²) in [5.74, 6) is 0.654. The summed E-state index contributed by atoms with van der Waals surface area (Å²) < 4.78 is 9.28. The van der Waals surface area contributed by atoms with Crippen LogP contribution in [0.3, 0.4) is 0 Å². The van der Waals surface area contributed by atoms with E-state index < -0.39 is 0 Å². The Kier molecular flexibility index (Phi) is 7.82. The topological polar surface area (TPSA) is 43.9 Å². The second-order valence-corrected chi connectivity index (χ2v) is 15.4. The quantitative estimate of drug-likeness (QED) is 0.169. The van der Waals surface area contributed by atoms with Crippen LogP contribution in [0.5, 0.6) is 0 Å². The third kappa shape index (κ3) is 5.61. The molecule has 0 amide bonds. The summed E-state index contributed by atoms with van der Waals surface area (Å²) in [5.41, 5.74) is 15.5. The summed E-state index contributed by atoms with van der Waals surface area (Å²) in [6, 6.07) is 74.9. The fourth-order valence-corrected chi connectivity index (χ4v) is 8.93. The summed E-state index contributed by atoms with van der Waals surface area (Å²) in [6.45, 7) is 0. The fraction of sp³-hybridized carbons (Fsp3) is 0. The largest absolute Gasteiger partial charge is 0.456 e. The van der Waals surface area contributed by atoms with Crippen LogP contribution in [0.1, 0.15) is 0 Å². The van der Waals surface area contributed by atoms with Crippen molar-refractivity contribution in [1.29, 1.82) is 0 Å². The van der Waals surface area contributed by atoms with Crippen molar-refractivity contribution >= 4 is 54.6 Å². The predicted molar refractivity (Wildman–Crippen MR) is 248 cm³/mol. The lowest BCUT2D eigenvalue weighted by Gasteiger charge is -2.12. The Hall–Kier alpha value is -8.08. The Morgan fingerprint density at radius 2 is 0.917 bits per heavy atom. The monoisotopic (exact) mass is 765 g/mol. The summed E-state index contributed by atoms with van der Waals surface area (Å²) >= 11 is 0. The minimum Gasteiger partial charge on any atom is -0.456 e. The van der Waals surface area contributed by atoms with Crippen molar-refractivity contribution < 1.29 is 4.42 Å². The zero-order chi connectivity index (χ0) is 39.6. The van der Waals surface area contributed by atoms with Crippen LogP contribution in [0.4, 0.5) is 0 Å². The standard InChI is InChI=1S/C56H35N3O/c1-4-14-36(15-5-1)39-24-26-40(27-25-39)55-46-21-10-12-22-49(46)57-56(58-55)48-32-42(38-18-8-3-9-19-38)34-53-54(48)47-31-29-43(35-52(47)60-53)59-50-23-13-11-20-44(50)45-30-28-41(33-51(45)59)37-16-6-2-7-17-37/h1-35H. The number of benzene rings is 9. The van der Waals surface area contributed by atoms with Crippen LogP contribution in [-0.2, 0) is 0 Å². The van der Waals surface area contributed by atoms with E-state index in [4.69, 9.17) is 14.4 Å². The zero-order valence-electron chi connectivity index (χ0n) is 32.5. The van der Waals surface area contributed by atoms with Gasteiger partial charge in [0.1, 0.15) is 11.2 Å². The molecule has 0 radical (unpaired) electrons. The Morgan fingerprint density at radius 1 is 0.350 bits per heavy atom. The van der Waals surface area contributed by atoms with Crippen molar-refractivity contribution in [2.45, 2.75) is 0 Å². The van der Waals surface area contributed by atoms with E-state index in [1.807, 2.05) is 18.2 Å². The molecule has 280 valence electrons. The first kappa shape index (κ1) is 34.0. The van der Waals surface area contributed by atoms with Crippen LogP contribution in [0.2, 0.25) is 0 Å². The van der Waals surface area contributed by atoms with Crippen molar-refractivity contribution in [3.8, 4) is 61.7 Å². The van der Waals surface area contributed by atoms with Gasteiger partial charge < -0.3 is 8.98 Å². The molecular formula is C56H35N3O. The third-order valence-corrected chi connectivity index (χ3v) is 11.8. The van der Waals surface area contributed by atoms with Gasteiger partial charge in [0, 0.05) is 49.8 Å². The molecule has 12 aromatic rings. The average Bonchev–Trinajstić information content (AvgIpc) is 3.86. The first-order valence-corrected chi connectivity index (χ1v) is 20.3. The highest BCUT2D eigenvalue weighted by molar-refractivity contribution is 6.15. The van der Waals surface area contributed by atoms with Crippen molar-refractivity contribution in [3.05, 3.63) is 212 Å². The van der Waals surface area contributed by atoms with E-state index in [1.54, 1.807) is 0 Å². The Morgan fingerprint density at radius 3 is 1.67 bits per heavy atom. The van der Waals surface area contributed by atoms with E-state index in [-0.39, 0.29) is 0 Å². The van der Waals surface area contributed by atoms with Gasteiger partial charge in [0.05, 0.1) is 22.2 Å². The minimum atomic E-state index is 0.654. The molecule has 9 aromatic carbocycles. The predicted octanol–water partition coefficient (Wildman–Crippen LogP) is 15.0. The number of hydrogen-bond donors (Lipinski definition) is 0. The molecule has 3 aromatic heterocycles. The second kappa shape index (κ2) is 13.8. The van der Waals surface area contributed by atoms with Gasteiger partial charge in [-0.2, -0.15) is 0 Å². The van der Waals surface area contributed by atoms with E-state index in [1.165, 1.54) is 27.5 Å². The first-order chi connectivity index (χ1) is 29.7. The average molecular weight is 766 g/mol. The molecule has 0 N–H and O–H groups in total. The molecule has 0 saturated heterocycles. The lowest BCUT2D eigenvalue weighted by Crippen LogP contribution is -1.96. The van der Waals surface area contributed by atoms with E-state index in [0.29, 0.717) is 5.82 Å². The van der Waals surface area contributed by atoms with Crippen molar-refractivity contribution in [2.75, 3.05) is 0 Å². The van der Waals surface area contributed by atoms with Crippen molar-refractivity contribution in [3.63, 3.8) is 0 Å². The lowest BCUT2D eigenvalue weighted by molar-refractivity contribution is 0.669. The van der Waals surface area contributed by atoms with Crippen molar-refractivity contribution in [2.24, 2.45) is 0 Å². The first-order valence-electron chi connectivity index (χ1n) is 20.3. The van der Waals surface area contributed by atoms with Crippen LogP contribution in [0, 0.1) is 0 Å². The van der Waals surface area contributed by atoms with E-state index in [0.717, 1.165) is 83.1 Å². The molecule has 0 bridgehead atoms. The van der Waals surface area contributed by atoms with E-state index in [2.05, 4.69) is 199 Å². The molecule has 0 spiro atoms. The molecule has 3 heterocycles. The molecule has 0 aliphatic heterocycles. The summed E-state index contributed by atoms with van der Waals surface area (Å²) in [6.07, 6.45) is 0. The van der Waals surface area contributed by atoms with E-state index in [9.17, 15) is 0 Å². The van der Waals surface area contributed by atoms with Gasteiger partial charge in [-0.05, 0) is 75.8 Å². The number of para-hydroxylation sites is 2. The van der Waals surface area contributed by atoms with Crippen LogP contribution in [0.25, 0.3) is 116 Å². The molecular weight excluding hydrogens is 731 g/mol. The van der Waals surface area contributed by atoms with Gasteiger partial charge in [-0.1, -0.05) is 164 Å². The van der Waals surface area contributed by atoms with Gasteiger partial charge in [-0.3, -0.25) is 0 Å². The molecule has 0 aliphatic carbocycles. The zero-order valence-corrected chi connectivity index (χ0v) is 32.5. The molecule has 0 saturated carbocycles. The van der Waals surface area contributed by atoms with Gasteiger partial charge in [0.2, 0.25) is 0 Å². The van der Waals surface area contributed by atoms with Crippen LogP contribution in [-0.4, -0.2) is 14.5 Å². The lowest BCUT2D eigenvalue weighted by atomic mass is 9.97. The van der Waals surface area contributed by atoms with Gasteiger partial charge in [-0.25, -0.2) is 9.97 Å². The van der Waals surface area contributed by atoms with Crippen molar-refractivity contribution in [1.82, 2.24) is 14.5 Å². The van der Waals surface area contributed by atoms with Gasteiger partial charge in [0.25, 0.3) is 0 Å². The number of aromatic nitrogens is 3. The number of furan rings is 1. The normalized spacial score (nSPS) is 11.7. The number of fused-ring (bicyclic) bond motifs is 7. The maximum Gasteiger partial charge on any atom is 0.161 e. The number of nitrogens with zero attached hydrogens (tertiary/aromatic N) is 3. The van der Waals surface area contributed by atoms with E-state index >= 15 is 0 Å². The molecule has 4 heteroatoms. The highest BCUT2D eigenvalue weighted by Crippen LogP contribution is 2.42. The SMILES string of the molecule is c1ccc(-c2ccc(-c3nc(-c4cc(-c5ccccc5)cc5oc6cc(-n7c8ccccc8c8ccc(-c9ccccc9)cc87)ccc6c45)nc4ccccc34)cc2)cc1. The summed E-state index contributed by atoms with van der Waals surface area (Å²) in [4.78, 5) is 10.7. The molecule has 0 atom stereocenters. The maximum absolute atomic E-state index is 6.92. The maximum atomic E-state index is 6.92. The smallest absolute Gasteiger partial charge is 0.161 e. The molecule has 0 unspecified atom stereocenters. The number of rotatable bonds is 6. The Balaban J connectivity index is 1.07. The van der Waals surface area contributed by atoms with Crippen LogP contribution >= 0.6 is 0 Å². The Bertz CT molecular complexity index is 3570. The van der Waals surface area contributed by atoms with Gasteiger partial charge in [-0.15, -0.1) is 0 Å². The minimum absolute atomic E-state index is 0.654. The molecule has 0 fully saturated rings. The van der Waals surface area contributed by atoms with Crippen LogP contribution in [0.15, 0.2) is 217 Å².